The molecule has 6 heteroatoms. The Kier molecular flexibility index (Phi) is 3.27. The largest absolute Gasteiger partial charge is 0.497 e. The van der Waals surface area contributed by atoms with Crippen LogP contribution in [0.3, 0.4) is 0 Å². The summed E-state index contributed by atoms with van der Waals surface area (Å²) in [5.41, 5.74) is 1.26. The summed E-state index contributed by atoms with van der Waals surface area (Å²) in [4.78, 5) is 11.5. The second-order valence-electron chi connectivity index (χ2n) is 4.43. The van der Waals surface area contributed by atoms with E-state index in [9.17, 15) is 9.18 Å². The third-order valence-corrected chi connectivity index (χ3v) is 3.18. The lowest BCUT2D eigenvalue weighted by molar-refractivity contribution is 0.415. The molecule has 0 aliphatic rings. The lowest BCUT2D eigenvalue weighted by atomic mass is 10.0. The first-order chi connectivity index (χ1) is 10.2. The van der Waals surface area contributed by atoms with Gasteiger partial charge in [0.05, 0.1) is 12.8 Å². The number of hydrogen-bond donors (Lipinski definition) is 1. The molecule has 0 aliphatic carbocycles. The van der Waals surface area contributed by atoms with Crippen molar-refractivity contribution in [2.24, 2.45) is 0 Å². The summed E-state index contributed by atoms with van der Waals surface area (Å²) < 4.78 is 20.4. The molecule has 1 N–H and O–H groups in total. The van der Waals surface area contributed by atoms with Crippen LogP contribution in [0, 0.1) is 5.82 Å². The number of halogens is 1. The zero-order valence-corrected chi connectivity index (χ0v) is 11.2. The van der Waals surface area contributed by atoms with Gasteiger partial charge in [0.25, 0.3) is 0 Å². The maximum Gasteiger partial charge on any atom is 0.347 e. The first kappa shape index (κ1) is 13.1. The van der Waals surface area contributed by atoms with Crippen LogP contribution in [0.15, 0.2) is 53.6 Å². The highest BCUT2D eigenvalue weighted by Gasteiger charge is 2.09. The molecule has 1 aromatic heterocycles. The summed E-state index contributed by atoms with van der Waals surface area (Å²) in [7, 11) is 1.59. The molecule has 3 aromatic rings. The number of hydrogen-bond acceptors (Lipinski definition) is 3. The predicted molar refractivity (Wildman–Crippen MR) is 76.1 cm³/mol. The van der Waals surface area contributed by atoms with Crippen LogP contribution in [-0.4, -0.2) is 21.9 Å². The highest BCUT2D eigenvalue weighted by Crippen LogP contribution is 2.25. The minimum Gasteiger partial charge on any atom is -0.497 e. The number of nitrogens with zero attached hydrogens (tertiary/aromatic N) is 2. The van der Waals surface area contributed by atoms with Crippen LogP contribution in [0.2, 0.25) is 0 Å². The summed E-state index contributed by atoms with van der Waals surface area (Å²) in [6.45, 7) is 0. The topological polar surface area (TPSA) is 59.9 Å². The van der Waals surface area contributed by atoms with Crippen molar-refractivity contribution in [1.29, 1.82) is 0 Å². The molecule has 2 aromatic carbocycles. The van der Waals surface area contributed by atoms with Gasteiger partial charge in [-0.25, -0.2) is 18.9 Å². The predicted octanol–water partition coefficient (Wildman–Crippen LogP) is 2.38. The third-order valence-electron chi connectivity index (χ3n) is 3.18. The molecule has 0 aliphatic heterocycles. The Labute approximate surface area is 119 Å². The van der Waals surface area contributed by atoms with E-state index in [4.69, 9.17) is 4.74 Å². The third kappa shape index (κ3) is 2.43. The van der Waals surface area contributed by atoms with E-state index in [1.54, 1.807) is 19.2 Å². The minimum absolute atomic E-state index is 0.158. The summed E-state index contributed by atoms with van der Waals surface area (Å²) in [5, 5.41) is 5.81. The molecule has 0 bridgehead atoms. The molecule has 21 heavy (non-hydrogen) atoms. The van der Waals surface area contributed by atoms with Crippen molar-refractivity contribution in [2.45, 2.75) is 0 Å². The van der Waals surface area contributed by atoms with Gasteiger partial charge < -0.3 is 4.74 Å². The van der Waals surface area contributed by atoms with Crippen molar-refractivity contribution < 1.29 is 9.13 Å². The van der Waals surface area contributed by atoms with Gasteiger partial charge in [0.2, 0.25) is 0 Å². The number of aromatic nitrogens is 3. The number of rotatable bonds is 3. The highest BCUT2D eigenvalue weighted by molar-refractivity contribution is 5.65. The van der Waals surface area contributed by atoms with Crippen molar-refractivity contribution in [1.82, 2.24) is 14.8 Å². The van der Waals surface area contributed by atoms with Crippen LogP contribution >= 0.6 is 0 Å². The Morgan fingerprint density at radius 1 is 1.14 bits per heavy atom. The average Bonchev–Trinajstić information content (AvgIpc) is 2.93. The Balaban J connectivity index is 2.01. The van der Waals surface area contributed by atoms with Crippen LogP contribution in [0.25, 0.3) is 16.8 Å². The van der Waals surface area contributed by atoms with Crippen LogP contribution in [0.1, 0.15) is 0 Å². The second kappa shape index (κ2) is 5.24. The van der Waals surface area contributed by atoms with Crippen molar-refractivity contribution in [3.05, 3.63) is 65.1 Å². The Bertz CT molecular complexity index is 821. The van der Waals surface area contributed by atoms with E-state index in [2.05, 4.69) is 10.2 Å². The molecule has 0 atom stereocenters. The molecule has 0 saturated heterocycles. The number of methoxy groups -OCH3 is 1. The lowest BCUT2D eigenvalue weighted by Gasteiger charge is -2.07. The SMILES string of the molecule is COc1ccc(-c2ccc(-n3cn[nH]c3=O)c(F)c2)cc1. The molecule has 0 unspecified atom stereocenters. The van der Waals surface area contributed by atoms with Crippen molar-refractivity contribution in [3.8, 4) is 22.6 Å². The molecule has 0 spiro atoms. The van der Waals surface area contributed by atoms with Gasteiger partial charge in [-0.2, -0.15) is 5.10 Å². The Morgan fingerprint density at radius 2 is 1.86 bits per heavy atom. The van der Waals surface area contributed by atoms with E-state index in [0.717, 1.165) is 21.4 Å². The van der Waals surface area contributed by atoms with Crippen LogP contribution in [0.4, 0.5) is 4.39 Å². The quantitative estimate of drug-likeness (QED) is 0.803. The number of aromatic amines is 1. The van der Waals surface area contributed by atoms with Gasteiger partial charge in [0, 0.05) is 0 Å². The molecule has 0 saturated carbocycles. The summed E-state index contributed by atoms with van der Waals surface area (Å²) >= 11 is 0. The lowest BCUT2D eigenvalue weighted by Crippen LogP contribution is -2.15. The van der Waals surface area contributed by atoms with E-state index in [1.807, 2.05) is 24.3 Å². The zero-order valence-electron chi connectivity index (χ0n) is 11.2. The average molecular weight is 285 g/mol. The molecule has 5 nitrogen and oxygen atoms in total. The highest BCUT2D eigenvalue weighted by atomic mass is 19.1. The Morgan fingerprint density at radius 3 is 2.43 bits per heavy atom. The van der Waals surface area contributed by atoms with Gasteiger partial charge >= 0.3 is 5.69 Å². The molecular formula is C15H12FN3O2. The summed E-state index contributed by atoms with van der Waals surface area (Å²) in [6.07, 6.45) is 1.24. The van der Waals surface area contributed by atoms with Crippen molar-refractivity contribution in [3.63, 3.8) is 0 Å². The zero-order chi connectivity index (χ0) is 14.8. The molecule has 1 heterocycles. The molecule has 0 amide bonds. The van der Waals surface area contributed by atoms with E-state index in [1.165, 1.54) is 12.4 Å². The fourth-order valence-electron chi connectivity index (χ4n) is 2.09. The Hall–Kier alpha value is -2.89. The van der Waals surface area contributed by atoms with Crippen LogP contribution in [0.5, 0.6) is 5.75 Å². The summed E-state index contributed by atoms with van der Waals surface area (Å²) in [6, 6.07) is 12.0. The standard InChI is InChI=1S/C15H12FN3O2/c1-21-12-5-2-10(3-6-12)11-4-7-14(13(16)8-11)19-9-17-18-15(19)20/h2-9H,1H3,(H,18,20). The van der Waals surface area contributed by atoms with E-state index < -0.39 is 11.5 Å². The fraction of sp³-hybridized carbons (Fsp3) is 0.0667. The van der Waals surface area contributed by atoms with Gasteiger partial charge in [-0.05, 0) is 35.4 Å². The van der Waals surface area contributed by atoms with Gasteiger partial charge in [-0.3, -0.25) is 0 Å². The number of H-pyrrole nitrogens is 1. The second-order valence-corrected chi connectivity index (χ2v) is 4.43. The normalized spacial score (nSPS) is 10.6. The first-order valence-electron chi connectivity index (χ1n) is 6.25. The fourth-order valence-corrected chi connectivity index (χ4v) is 2.09. The molecule has 0 fully saturated rings. The van der Waals surface area contributed by atoms with E-state index >= 15 is 0 Å². The minimum atomic E-state index is -0.494. The monoisotopic (exact) mass is 285 g/mol. The van der Waals surface area contributed by atoms with E-state index in [-0.39, 0.29) is 5.69 Å². The van der Waals surface area contributed by atoms with E-state index in [0.29, 0.717) is 0 Å². The van der Waals surface area contributed by atoms with Crippen molar-refractivity contribution >= 4 is 0 Å². The maximum atomic E-state index is 14.2. The van der Waals surface area contributed by atoms with Gasteiger partial charge in [0.1, 0.15) is 17.9 Å². The van der Waals surface area contributed by atoms with Gasteiger partial charge in [-0.15, -0.1) is 0 Å². The summed E-state index contributed by atoms with van der Waals surface area (Å²) in [5.74, 6) is 0.243. The van der Waals surface area contributed by atoms with Gasteiger partial charge in [-0.1, -0.05) is 18.2 Å². The number of benzene rings is 2. The molecular weight excluding hydrogens is 273 g/mol. The van der Waals surface area contributed by atoms with Crippen molar-refractivity contribution in [2.75, 3.05) is 7.11 Å². The maximum absolute atomic E-state index is 14.2. The smallest absolute Gasteiger partial charge is 0.347 e. The molecule has 0 radical (unpaired) electrons. The number of nitrogens with one attached hydrogen (secondary N) is 1. The molecule has 3 rings (SSSR count). The van der Waals surface area contributed by atoms with Crippen LogP contribution < -0.4 is 10.4 Å². The molecule has 106 valence electrons. The van der Waals surface area contributed by atoms with Gasteiger partial charge in [0.15, 0.2) is 0 Å². The van der Waals surface area contributed by atoms with Crippen LogP contribution in [-0.2, 0) is 0 Å². The first-order valence-corrected chi connectivity index (χ1v) is 6.25. The number of ether oxygens (including phenoxy) is 1.